The number of hydrogen-bond acceptors (Lipinski definition) is 5. The van der Waals surface area contributed by atoms with Crippen LogP contribution in [0.3, 0.4) is 0 Å². The Hall–Kier alpha value is 0.726. The van der Waals surface area contributed by atoms with Crippen molar-refractivity contribution in [1.82, 2.24) is 0 Å². The van der Waals surface area contributed by atoms with Gasteiger partial charge in [-0.2, -0.15) is 0 Å². The Morgan fingerprint density at radius 1 is 0.917 bits per heavy atom. The predicted molar refractivity (Wildman–Crippen MR) is 133 cm³/mol. The number of fused-ring (bicyclic) bond motifs is 7. The van der Waals surface area contributed by atoms with E-state index in [2.05, 4.69) is 54.5 Å². The Bertz CT molecular complexity index is 948. The summed E-state index contributed by atoms with van der Waals surface area (Å²) in [6.45, 7) is 15.6. The van der Waals surface area contributed by atoms with Crippen molar-refractivity contribution in [2.75, 3.05) is 0 Å². The van der Waals surface area contributed by atoms with E-state index in [-0.39, 0.29) is 97.2 Å². The number of aliphatic hydroxyl groups is 3. The first-order valence-electron chi connectivity index (χ1n) is 14.0. The maximum absolute atomic E-state index is 12.7. The van der Waals surface area contributed by atoms with Gasteiger partial charge >= 0.3 is 51.4 Å². The van der Waals surface area contributed by atoms with E-state index in [0.29, 0.717) is 24.7 Å². The molecule has 0 aromatic carbocycles. The number of carbonyl (C=O) groups is 1. The van der Waals surface area contributed by atoms with Crippen LogP contribution in [0, 0.1) is 56.7 Å². The van der Waals surface area contributed by atoms with Crippen LogP contribution in [-0.2, 0) is 4.79 Å². The average Bonchev–Trinajstić information content (AvgIpc) is 2.76. The summed E-state index contributed by atoms with van der Waals surface area (Å²) in [6.07, 6.45) is 5.56. The van der Waals surface area contributed by atoms with Crippen LogP contribution in [0.25, 0.3) is 0 Å². The molecule has 0 radical (unpaired) electrons. The van der Waals surface area contributed by atoms with Gasteiger partial charge < -0.3 is 25.2 Å². The number of hydrogen-bond donors (Lipinski definition) is 3. The van der Waals surface area contributed by atoms with Gasteiger partial charge in [-0.25, -0.2) is 0 Å². The van der Waals surface area contributed by atoms with E-state index in [1.54, 1.807) is 0 Å². The largest absolute Gasteiger partial charge is 1.00 e. The first-order valence-corrected chi connectivity index (χ1v) is 14.0. The molecule has 36 heavy (non-hydrogen) atoms. The predicted octanol–water partition coefficient (Wildman–Crippen LogP) is 0.700. The number of carboxylic acids is 1. The molecule has 0 amide bonds. The molecule has 5 nitrogen and oxygen atoms in total. The van der Waals surface area contributed by atoms with E-state index >= 15 is 0 Å². The topological polar surface area (TPSA) is 101 Å². The van der Waals surface area contributed by atoms with E-state index in [4.69, 9.17) is 0 Å². The van der Waals surface area contributed by atoms with Gasteiger partial charge in [-0.3, -0.25) is 0 Å². The molecule has 0 saturated heterocycles. The van der Waals surface area contributed by atoms with E-state index in [1.807, 2.05) is 0 Å². The number of carbonyl (C=O) groups excluding carboxylic acids is 1. The summed E-state index contributed by atoms with van der Waals surface area (Å²) in [4.78, 5) is 12.7. The molecule has 0 aromatic rings. The zero-order valence-electron chi connectivity index (χ0n) is 23.8. The minimum Gasteiger partial charge on any atom is -0.550 e. The van der Waals surface area contributed by atoms with E-state index < -0.39 is 29.7 Å². The molecule has 12 atom stereocenters. The summed E-state index contributed by atoms with van der Waals surface area (Å²) in [5, 5.41) is 45.4. The van der Waals surface area contributed by atoms with Crippen molar-refractivity contribution in [3.63, 3.8) is 0 Å². The Morgan fingerprint density at radius 3 is 2.17 bits per heavy atom. The van der Waals surface area contributed by atoms with Gasteiger partial charge in [-0.1, -0.05) is 60.1 Å². The number of carboxylic acid groups (broad SMARTS) is 1. The van der Waals surface area contributed by atoms with Gasteiger partial charge in [-0.15, -0.1) is 0 Å². The van der Waals surface area contributed by atoms with Gasteiger partial charge in [0.15, 0.2) is 0 Å². The van der Waals surface area contributed by atoms with Gasteiger partial charge in [-0.05, 0) is 96.2 Å². The zero-order valence-corrected chi connectivity index (χ0v) is 26.9. The van der Waals surface area contributed by atoms with Crippen LogP contribution < -0.4 is 56.5 Å². The minimum atomic E-state index is -0.992. The van der Waals surface area contributed by atoms with Crippen molar-refractivity contribution in [3.8, 4) is 0 Å². The fourth-order valence-corrected chi connectivity index (χ4v) is 11.0. The molecule has 0 aliphatic heterocycles. The molecular weight excluding hydrogens is 479 g/mol. The van der Waals surface area contributed by atoms with Crippen molar-refractivity contribution in [2.45, 2.75) is 112 Å². The van der Waals surface area contributed by atoms with Gasteiger partial charge in [0, 0.05) is 11.4 Å². The molecule has 5 rings (SSSR count). The van der Waals surface area contributed by atoms with Crippen LogP contribution in [0.2, 0.25) is 0 Å². The van der Waals surface area contributed by atoms with Crippen LogP contribution in [0.4, 0.5) is 0 Å². The number of rotatable bonds is 1. The van der Waals surface area contributed by atoms with E-state index in [1.165, 1.54) is 5.57 Å². The van der Waals surface area contributed by atoms with Gasteiger partial charge in [0.1, 0.15) is 0 Å². The summed E-state index contributed by atoms with van der Waals surface area (Å²) in [5.41, 5.74) is -0.278. The maximum Gasteiger partial charge on any atom is 1.00 e. The first kappa shape index (κ1) is 29.7. The Labute approximate surface area is 260 Å². The zero-order chi connectivity index (χ0) is 25.9. The standard InChI is InChI=1S/C30H48O5.K/c1-16-17(2)23-18-8-9-22-27(5)14-20(32)24(33)26(3,4)21(27)10-11-29(22,7)28(18,6)12-13-30(23,25(34)35)15-19(16)31;/h8,16-17,19-24,31-33H,9-15H2,1-7H3,(H,34,35);/q;+1/p-1/t16-,17-,19+,20+,21-,22+,23-,24-,27-,28+,29+,30+;/m0./s1. The van der Waals surface area contributed by atoms with Crippen molar-refractivity contribution in [3.05, 3.63) is 11.6 Å². The van der Waals surface area contributed by atoms with Gasteiger partial charge in [0.2, 0.25) is 0 Å². The molecule has 0 unspecified atom stereocenters. The Kier molecular flexibility index (Phi) is 7.53. The SMILES string of the molecule is C[C@H]1[C@H](C)[C@H]2C3=CC[C@@H]4[C@@]5(C)C[C@@H](O)[C@H](O)C(C)(C)[C@@H]5CC[C@@]4(C)[C@]3(C)CC[C@@]2(C(=O)[O-])C[C@H]1O.[K+]. The quantitative estimate of drug-likeness (QED) is 0.345. The van der Waals surface area contributed by atoms with Crippen LogP contribution in [-0.4, -0.2) is 39.6 Å². The normalized spacial score (nSPS) is 55.6. The second-order valence-corrected chi connectivity index (χ2v) is 14.7. The van der Waals surface area contributed by atoms with Crippen LogP contribution in [0.1, 0.15) is 93.4 Å². The summed E-state index contributed by atoms with van der Waals surface area (Å²) < 4.78 is 0. The molecule has 198 valence electrons. The third-order valence-corrected chi connectivity index (χ3v) is 13.4. The molecule has 5 aliphatic rings. The Balaban J connectivity index is 0.00000304. The minimum absolute atomic E-state index is 0. The van der Waals surface area contributed by atoms with Crippen molar-refractivity contribution in [1.29, 1.82) is 0 Å². The van der Waals surface area contributed by atoms with Crippen molar-refractivity contribution >= 4 is 5.97 Å². The Morgan fingerprint density at radius 2 is 1.56 bits per heavy atom. The average molecular weight is 527 g/mol. The molecule has 4 fully saturated rings. The molecule has 0 spiro atoms. The van der Waals surface area contributed by atoms with E-state index in [0.717, 1.165) is 25.7 Å². The van der Waals surface area contributed by atoms with Crippen LogP contribution in [0.15, 0.2) is 11.6 Å². The smallest absolute Gasteiger partial charge is 0.550 e. The van der Waals surface area contributed by atoms with Gasteiger partial charge in [0.05, 0.1) is 18.3 Å². The van der Waals surface area contributed by atoms with Crippen molar-refractivity contribution in [2.24, 2.45) is 56.7 Å². The molecule has 4 saturated carbocycles. The maximum atomic E-state index is 12.7. The molecule has 0 heterocycles. The second-order valence-electron chi connectivity index (χ2n) is 14.7. The summed E-state index contributed by atoms with van der Waals surface area (Å²) in [5.74, 6) is -0.285. The molecule has 0 bridgehead atoms. The fraction of sp³-hybridized carbons (Fsp3) is 0.900. The molecule has 0 aromatic heterocycles. The molecule has 5 aliphatic carbocycles. The van der Waals surface area contributed by atoms with E-state index in [9.17, 15) is 25.2 Å². The van der Waals surface area contributed by atoms with Crippen molar-refractivity contribution < 1.29 is 76.6 Å². The molecular formula is C30H47KO5. The molecule has 3 N–H and O–H groups in total. The number of aliphatic carboxylic acids is 1. The van der Waals surface area contributed by atoms with Crippen LogP contribution >= 0.6 is 0 Å². The number of aliphatic hydroxyl groups excluding tert-OH is 3. The first-order chi connectivity index (χ1) is 16.1. The third kappa shape index (κ3) is 3.53. The molecule has 6 heteroatoms. The monoisotopic (exact) mass is 526 g/mol. The second kappa shape index (κ2) is 9.12. The van der Waals surface area contributed by atoms with Crippen LogP contribution in [0.5, 0.6) is 0 Å². The third-order valence-electron chi connectivity index (χ3n) is 13.4. The summed E-state index contributed by atoms with van der Waals surface area (Å²) in [6, 6.07) is 0. The fourth-order valence-electron chi connectivity index (χ4n) is 11.0. The van der Waals surface area contributed by atoms with Gasteiger partial charge in [0.25, 0.3) is 0 Å². The summed E-state index contributed by atoms with van der Waals surface area (Å²) >= 11 is 0. The number of allylic oxidation sites excluding steroid dienone is 2. The summed E-state index contributed by atoms with van der Waals surface area (Å²) in [7, 11) is 0.